The fourth-order valence-electron chi connectivity index (χ4n) is 1.27. The number of hydrogen-bond acceptors (Lipinski definition) is 3. The summed E-state index contributed by atoms with van der Waals surface area (Å²) < 4.78 is 0. The van der Waals surface area contributed by atoms with E-state index in [0.717, 1.165) is 5.56 Å². The van der Waals surface area contributed by atoms with Gasteiger partial charge in [-0.15, -0.1) is 12.4 Å². The first-order chi connectivity index (χ1) is 7.63. The maximum atomic E-state index is 11.6. The molecule has 17 heavy (non-hydrogen) atoms. The van der Waals surface area contributed by atoms with E-state index in [2.05, 4.69) is 10.8 Å². The molecule has 0 saturated carbocycles. The molecule has 1 rings (SSSR count). The monoisotopic (exact) mass is 258 g/mol. The lowest BCUT2D eigenvalue weighted by atomic mass is 10.1. The van der Waals surface area contributed by atoms with E-state index in [4.69, 9.17) is 4.84 Å². The number of halogens is 1. The van der Waals surface area contributed by atoms with Crippen molar-refractivity contribution in [2.75, 3.05) is 7.11 Å². The minimum absolute atomic E-state index is 0. The molecule has 1 aromatic carbocycles. The van der Waals surface area contributed by atoms with Gasteiger partial charge in [-0.2, -0.15) is 5.48 Å². The van der Waals surface area contributed by atoms with Crippen LogP contribution in [-0.4, -0.2) is 19.1 Å². The van der Waals surface area contributed by atoms with Crippen molar-refractivity contribution in [1.29, 1.82) is 0 Å². The standard InChI is InChI=1S/C12H18N2O2.ClH/c1-9(2)14-12(15)11-6-4-10(5-7-11)8-13-16-3;/h4-7,9,13H,8H2,1-3H3,(H,14,15);1H. The smallest absolute Gasteiger partial charge is 0.251 e. The molecule has 0 aliphatic heterocycles. The summed E-state index contributed by atoms with van der Waals surface area (Å²) in [7, 11) is 1.57. The van der Waals surface area contributed by atoms with E-state index in [1.807, 2.05) is 38.1 Å². The second-order valence-electron chi connectivity index (χ2n) is 3.85. The normalized spacial score (nSPS) is 9.88. The van der Waals surface area contributed by atoms with Crippen LogP contribution in [0.25, 0.3) is 0 Å². The SMILES string of the molecule is CONCc1ccc(C(=O)NC(C)C)cc1.Cl. The van der Waals surface area contributed by atoms with Gasteiger partial charge in [0.05, 0.1) is 7.11 Å². The molecule has 1 aromatic rings. The predicted molar refractivity (Wildman–Crippen MR) is 70.1 cm³/mol. The zero-order valence-electron chi connectivity index (χ0n) is 10.3. The van der Waals surface area contributed by atoms with Crippen LogP contribution in [0.5, 0.6) is 0 Å². The summed E-state index contributed by atoms with van der Waals surface area (Å²) in [4.78, 5) is 16.4. The van der Waals surface area contributed by atoms with Gasteiger partial charge < -0.3 is 10.2 Å². The van der Waals surface area contributed by atoms with Gasteiger partial charge >= 0.3 is 0 Å². The molecule has 1 amide bonds. The van der Waals surface area contributed by atoms with Crippen molar-refractivity contribution in [3.8, 4) is 0 Å². The van der Waals surface area contributed by atoms with Crippen LogP contribution in [0.2, 0.25) is 0 Å². The first kappa shape index (κ1) is 15.9. The van der Waals surface area contributed by atoms with Crippen LogP contribution < -0.4 is 10.8 Å². The fourth-order valence-corrected chi connectivity index (χ4v) is 1.27. The van der Waals surface area contributed by atoms with E-state index in [-0.39, 0.29) is 24.4 Å². The Morgan fingerprint density at radius 2 is 1.88 bits per heavy atom. The molecule has 4 nitrogen and oxygen atoms in total. The Morgan fingerprint density at radius 1 is 1.29 bits per heavy atom. The number of carbonyl (C=O) groups excluding carboxylic acids is 1. The number of carbonyl (C=O) groups is 1. The molecule has 0 bridgehead atoms. The number of hydroxylamine groups is 1. The third kappa shape index (κ3) is 5.68. The van der Waals surface area contributed by atoms with Crippen LogP contribution in [0.3, 0.4) is 0 Å². The second kappa shape index (κ2) is 8.06. The number of amides is 1. The molecule has 0 aliphatic carbocycles. The first-order valence-corrected chi connectivity index (χ1v) is 5.29. The largest absolute Gasteiger partial charge is 0.350 e. The summed E-state index contributed by atoms with van der Waals surface area (Å²) in [5.74, 6) is -0.0405. The van der Waals surface area contributed by atoms with Gasteiger partial charge in [0.1, 0.15) is 0 Å². The summed E-state index contributed by atoms with van der Waals surface area (Å²) >= 11 is 0. The Balaban J connectivity index is 0.00000256. The Hall–Kier alpha value is -1.10. The lowest BCUT2D eigenvalue weighted by Gasteiger charge is -2.08. The van der Waals surface area contributed by atoms with E-state index >= 15 is 0 Å². The van der Waals surface area contributed by atoms with Crippen molar-refractivity contribution in [2.45, 2.75) is 26.4 Å². The summed E-state index contributed by atoms with van der Waals surface area (Å²) in [6.45, 7) is 4.51. The fraction of sp³-hybridized carbons (Fsp3) is 0.417. The van der Waals surface area contributed by atoms with E-state index in [0.29, 0.717) is 12.1 Å². The summed E-state index contributed by atoms with van der Waals surface area (Å²) in [5, 5.41) is 2.84. The third-order valence-corrected chi connectivity index (χ3v) is 2.06. The first-order valence-electron chi connectivity index (χ1n) is 5.29. The number of nitrogens with one attached hydrogen (secondary N) is 2. The Kier molecular flexibility index (Phi) is 7.54. The molecule has 2 N–H and O–H groups in total. The number of benzene rings is 1. The average Bonchev–Trinajstić information content (AvgIpc) is 2.26. The highest BCUT2D eigenvalue weighted by Gasteiger charge is 2.05. The van der Waals surface area contributed by atoms with Gasteiger partial charge in [0.15, 0.2) is 0 Å². The van der Waals surface area contributed by atoms with Crippen LogP contribution in [-0.2, 0) is 11.4 Å². The van der Waals surface area contributed by atoms with Crippen LogP contribution >= 0.6 is 12.4 Å². The maximum absolute atomic E-state index is 11.6. The third-order valence-electron chi connectivity index (χ3n) is 2.06. The molecule has 0 heterocycles. The molecule has 0 aliphatic rings. The van der Waals surface area contributed by atoms with Crippen LogP contribution in [0, 0.1) is 0 Å². The van der Waals surface area contributed by atoms with Crippen molar-refractivity contribution in [1.82, 2.24) is 10.8 Å². The molecule has 96 valence electrons. The molecular weight excluding hydrogens is 240 g/mol. The Bertz CT molecular complexity index is 339. The Labute approximate surface area is 108 Å². The van der Waals surface area contributed by atoms with Crippen molar-refractivity contribution >= 4 is 18.3 Å². The van der Waals surface area contributed by atoms with Crippen molar-refractivity contribution < 1.29 is 9.63 Å². The van der Waals surface area contributed by atoms with Crippen molar-refractivity contribution in [3.05, 3.63) is 35.4 Å². The highest BCUT2D eigenvalue weighted by atomic mass is 35.5. The minimum atomic E-state index is -0.0405. The van der Waals surface area contributed by atoms with Crippen molar-refractivity contribution in [3.63, 3.8) is 0 Å². The van der Waals surface area contributed by atoms with Gasteiger partial charge in [-0.1, -0.05) is 12.1 Å². The summed E-state index contributed by atoms with van der Waals surface area (Å²) in [6, 6.07) is 7.58. The average molecular weight is 259 g/mol. The quantitative estimate of drug-likeness (QED) is 0.793. The van der Waals surface area contributed by atoms with Gasteiger partial charge in [0.2, 0.25) is 0 Å². The van der Waals surface area contributed by atoms with E-state index < -0.39 is 0 Å². The molecule has 0 atom stereocenters. The van der Waals surface area contributed by atoms with Gasteiger partial charge in [-0.3, -0.25) is 4.79 Å². The highest BCUT2D eigenvalue weighted by molar-refractivity contribution is 5.94. The van der Waals surface area contributed by atoms with Crippen molar-refractivity contribution in [2.24, 2.45) is 0 Å². The summed E-state index contributed by atoms with van der Waals surface area (Å²) in [5.41, 5.74) is 4.49. The minimum Gasteiger partial charge on any atom is -0.350 e. The molecule has 0 aromatic heterocycles. The van der Waals surface area contributed by atoms with Crippen LogP contribution in [0.15, 0.2) is 24.3 Å². The molecule has 0 spiro atoms. The van der Waals surface area contributed by atoms with Gasteiger partial charge in [-0.25, -0.2) is 0 Å². The van der Waals surface area contributed by atoms with Gasteiger partial charge in [0, 0.05) is 18.2 Å². The van der Waals surface area contributed by atoms with E-state index in [1.54, 1.807) is 7.11 Å². The number of rotatable bonds is 5. The number of hydrogen-bond donors (Lipinski definition) is 2. The molecule has 0 saturated heterocycles. The predicted octanol–water partition coefficient (Wildman–Crippen LogP) is 1.90. The van der Waals surface area contributed by atoms with E-state index in [1.165, 1.54) is 0 Å². The van der Waals surface area contributed by atoms with E-state index in [9.17, 15) is 4.79 Å². The van der Waals surface area contributed by atoms with Crippen LogP contribution in [0.4, 0.5) is 0 Å². The molecule has 5 heteroatoms. The highest BCUT2D eigenvalue weighted by Crippen LogP contribution is 2.04. The molecule has 0 unspecified atom stereocenters. The zero-order valence-corrected chi connectivity index (χ0v) is 11.1. The Morgan fingerprint density at radius 3 is 2.35 bits per heavy atom. The molecule has 0 fully saturated rings. The lowest BCUT2D eigenvalue weighted by molar-refractivity contribution is 0.0867. The topological polar surface area (TPSA) is 50.4 Å². The molecule has 0 radical (unpaired) electrons. The summed E-state index contributed by atoms with van der Waals surface area (Å²) in [6.07, 6.45) is 0. The second-order valence-corrected chi connectivity index (χ2v) is 3.85. The molecular formula is C12H19ClN2O2. The van der Waals surface area contributed by atoms with Gasteiger partial charge in [0.25, 0.3) is 5.91 Å². The lowest BCUT2D eigenvalue weighted by Crippen LogP contribution is -2.30. The zero-order chi connectivity index (χ0) is 12.0. The van der Waals surface area contributed by atoms with Gasteiger partial charge in [-0.05, 0) is 31.5 Å². The van der Waals surface area contributed by atoms with Crippen LogP contribution in [0.1, 0.15) is 29.8 Å². The maximum Gasteiger partial charge on any atom is 0.251 e.